The third kappa shape index (κ3) is 41.9. The summed E-state index contributed by atoms with van der Waals surface area (Å²) >= 11 is 0. The van der Waals surface area contributed by atoms with Gasteiger partial charge in [-0.1, -0.05) is 147 Å². The third-order valence-electron chi connectivity index (χ3n) is 8.63. The number of hydrogen-bond acceptors (Lipinski definition) is 13. The molecule has 0 aliphatic heterocycles. The van der Waals surface area contributed by atoms with Crippen LogP contribution in [0, 0.1) is 0 Å². The number of carbonyl (C=O) groups excluding carboxylic acids is 6. The summed E-state index contributed by atoms with van der Waals surface area (Å²) in [6, 6.07) is -1.01. The summed E-state index contributed by atoms with van der Waals surface area (Å²) in [5, 5.41) is 18.7. The monoisotopic (exact) mass is 933 g/mol. The first kappa shape index (κ1) is 57.8. The van der Waals surface area contributed by atoms with Gasteiger partial charge in [-0.15, -0.1) is 0 Å². The van der Waals surface area contributed by atoms with Gasteiger partial charge < -0.3 is 32.7 Å². The molecule has 0 aromatic carbocycles. The minimum Gasteiger partial charge on any atom is -0.370 e. The first-order valence-electron chi connectivity index (χ1n) is 21.8. The Morgan fingerprint density at radius 3 is 1.26 bits per heavy atom. The maximum absolute atomic E-state index is 12.7. The molecule has 0 aromatic rings. The van der Waals surface area contributed by atoms with E-state index in [1.165, 1.54) is 133 Å². The van der Waals surface area contributed by atoms with Crippen LogP contribution in [0.25, 0.3) is 0 Å². The van der Waals surface area contributed by atoms with Crippen molar-refractivity contribution in [2.24, 2.45) is 26.7 Å². The molecule has 350 valence electrons. The highest BCUT2D eigenvalue weighted by Crippen LogP contribution is 2.21. The second-order valence-electron chi connectivity index (χ2n) is 14.2. The zero-order chi connectivity index (χ0) is 45.0. The van der Waals surface area contributed by atoms with E-state index in [2.05, 4.69) is 61.2 Å². The minimum atomic E-state index is -1.01. The van der Waals surface area contributed by atoms with Crippen molar-refractivity contribution in [3.8, 4) is 0 Å². The molecule has 6 amide bonds. The van der Waals surface area contributed by atoms with Gasteiger partial charge in [-0.05, 0) is 32.1 Å². The van der Waals surface area contributed by atoms with E-state index < -0.39 is 11.9 Å². The summed E-state index contributed by atoms with van der Waals surface area (Å²) in [4.78, 5) is 77.2. The van der Waals surface area contributed by atoms with Crippen molar-refractivity contribution in [1.29, 1.82) is 0 Å². The Labute approximate surface area is 380 Å². The van der Waals surface area contributed by atoms with Gasteiger partial charge in [-0.25, -0.2) is 15.8 Å². The predicted octanol–water partition coefficient (Wildman–Crippen LogP) is 4.90. The first-order chi connectivity index (χ1) is 29.6. The first-order valence-corrected chi connectivity index (χ1v) is 26.8. The normalized spacial score (nSPS) is 11.6. The number of nitrogens with two attached hydrogens (primary N) is 2. The largest absolute Gasteiger partial charge is 0.370 e. The highest BCUT2D eigenvalue weighted by atomic mass is 33.1. The number of unbranched alkanes of at least 4 members (excludes halogenated alkanes) is 16. The zero-order valence-electron chi connectivity index (χ0n) is 36.6. The summed E-state index contributed by atoms with van der Waals surface area (Å²) in [5.74, 6) is -1.55. The molecule has 10 N–H and O–H groups in total. The summed E-state index contributed by atoms with van der Waals surface area (Å²) in [7, 11) is 4.98. The lowest BCUT2D eigenvalue weighted by atomic mass is 10.1. The van der Waals surface area contributed by atoms with Crippen molar-refractivity contribution < 1.29 is 28.8 Å². The van der Waals surface area contributed by atoms with Gasteiger partial charge in [0.1, 0.15) is 6.04 Å². The number of nitrogens with zero attached hydrogens (tertiary/aromatic N) is 3. The van der Waals surface area contributed by atoms with E-state index in [-0.39, 0.29) is 97.5 Å². The van der Waals surface area contributed by atoms with Crippen LogP contribution in [0.3, 0.4) is 0 Å². The van der Waals surface area contributed by atoms with E-state index >= 15 is 0 Å². The third-order valence-corrected chi connectivity index (χ3v) is 12.9. The lowest BCUT2D eigenvalue weighted by Crippen LogP contribution is -2.41. The summed E-state index contributed by atoms with van der Waals surface area (Å²) in [6.45, 7) is 5.09. The molecule has 0 saturated carbocycles. The van der Waals surface area contributed by atoms with Crippen LogP contribution < -0.4 is 43.6 Å². The van der Waals surface area contributed by atoms with Gasteiger partial charge in [-0.3, -0.25) is 28.8 Å². The molecule has 0 saturated heterocycles. The molecular formula is C40H75N11O6S4. The van der Waals surface area contributed by atoms with Gasteiger partial charge in [0.2, 0.25) is 23.6 Å². The maximum Gasteiger partial charge on any atom is 0.250 e. The molecule has 0 bridgehead atoms. The van der Waals surface area contributed by atoms with Gasteiger partial charge in [0.15, 0.2) is 5.96 Å². The van der Waals surface area contributed by atoms with E-state index in [0.717, 1.165) is 25.7 Å². The van der Waals surface area contributed by atoms with Crippen LogP contribution in [0.2, 0.25) is 0 Å². The van der Waals surface area contributed by atoms with E-state index in [0.29, 0.717) is 0 Å². The number of carbonyl (C=O) groups is 6. The van der Waals surface area contributed by atoms with E-state index in [4.69, 9.17) is 11.5 Å². The Morgan fingerprint density at radius 2 is 0.852 bits per heavy atom. The lowest BCUT2D eigenvalue weighted by Gasteiger charge is -2.14. The van der Waals surface area contributed by atoms with Crippen molar-refractivity contribution in [2.75, 3.05) is 49.2 Å². The van der Waals surface area contributed by atoms with Crippen LogP contribution in [0.1, 0.15) is 142 Å². The van der Waals surface area contributed by atoms with Crippen LogP contribution in [0.15, 0.2) is 15.2 Å². The van der Waals surface area contributed by atoms with Gasteiger partial charge in [-0.2, -0.15) is 10.2 Å². The lowest BCUT2D eigenvalue weighted by molar-refractivity contribution is -0.124. The summed E-state index contributed by atoms with van der Waals surface area (Å²) in [6.07, 6.45) is 25.0. The van der Waals surface area contributed by atoms with Gasteiger partial charge >= 0.3 is 0 Å². The second-order valence-corrected chi connectivity index (χ2v) is 19.1. The Kier molecular flexibility index (Phi) is 41.2. The van der Waals surface area contributed by atoms with E-state index in [1.54, 1.807) is 12.4 Å². The highest BCUT2D eigenvalue weighted by molar-refractivity contribution is 8.77. The molecule has 0 fully saturated rings. The van der Waals surface area contributed by atoms with Crippen LogP contribution in [-0.2, 0) is 28.8 Å². The van der Waals surface area contributed by atoms with Crippen molar-refractivity contribution in [3.05, 3.63) is 0 Å². The second kappa shape index (κ2) is 43.5. The SMILES string of the molecule is CCCCCCCCCC/C=N\NC(=O)CSSCC(=O)NCCNC(=O)CC[C@H](N=C(N)N)C(=O)NCCNC(=O)CSSCC(=O)N/N=C\CCCCCCCCCC. The molecule has 21 heteroatoms. The Hall–Kier alpha value is -3.17. The van der Waals surface area contributed by atoms with Crippen molar-refractivity contribution in [3.63, 3.8) is 0 Å². The quantitative estimate of drug-likeness (QED) is 0.0134. The molecule has 0 heterocycles. The van der Waals surface area contributed by atoms with Crippen molar-refractivity contribution in [1.82, 2.24) is 32.1 Å². The summed E-state index contributed by atoms with van der Waals surface area (Å²) in [5.41, 5.74) is 16.0. The summed E-state index contributed by atoms with van der Waals surface area (Å²) < 4.78 is 0. The molecule has 0 aliphatic rings. The molecule has 61 heavy (non-hydrogen) atoms. The number of aliphatic imine (C=N–C) groups is 1. The average Bonchev–Trinajstić information content (AvgIpc) is 3.23. The zero-order valence-corrected chi connectivity index (χ0v) is 39.9. The topological polar surface area (TPSA) is 264 Å². The highest BCUT2D eigenvalue weighted by Gasteiger charge is 2.19. The number of amides is 6. The molecule has 0 aromatic heterocycles. The van der Waals surface area contributed by atoms with E-state index in [9.17, 15) is 28.8 Å². The molecule has 17 nitrogen and oxygen atoms in total. The van der Waals surface area contributed by atoms with Gasteiger partial charge in [0.25, 0.3) is 11.8 Å². The Balaban J connectivity index is 3.99. The molecule has 1 atom stereocenters. The number of hydrazone groups is 2. The van der Waals surface area contributed by atoms with Gasteiger partial charge in [0, 0.05) is 45.0 Å². The number of guanidine groups is 1. The standard InChI is InChI=1S/C40H75N11O6S4/c1-3-5-7-9-11-13-15-17-19-23-47-50-37(55)31-60-58-29-35(53)44-26-25-43-34(52)22-21-33(49-40(41)42)39(57)46-28-27-45-36(54)30-59-61-32-38(56)51-48-24-20-18-16-14-12-10-8-6-4-2/h23-24,33H,3-22,25-32H2,1-2H3,(H,43,52)(H,44,53)(H,45,54)(H,46,57)(H,50,55)(H,51,56)(H4,41,42,49)/b47-23-,48-24-/t33-/m0/s1. The number of nitrogens with one attached hydrogen (secondary N) is 6. The number of hydrogen-bond donors (Lipinski definition) is 8. The van der Waals surface area contributed by atoms with Crippen LogP contribution >= 0.6 is 43.2 Å². The smallest absolute Gasteiger partial charge is 0.250 e. The molecule has 0 radical (unpaired) electrons. The Morgan fingerprint density at radius 1 is 0.492 bits per heavy atom. The van der Waals surface area contributed by atoms with Crippen molar-refractivity contribution in [2.45, 2.75) is 148 Å². The molecule has 0 rings (SSSR count). The molecule has 0 spiro atoms. The molecular weight excluding hydrogens is 859 g/mol. The van der Waals surface area contributed by atoms with Crippen LogP contribution in [-0.4, -0.2) is 109 Å². The molecule has 0 aliphatic carbocycles. The fourth-order valence-corrected chi connectivity index (χ4v) is 8.73. The van der Waals surface area contributed by atoms with E-state index in [1.807, 2.05) is 0 Å². The van der Waals surface area contributed by atoms with Crippen molar-refractivity contribution >= 4 is 97.0 Å². The number of rotatable bonds is 41. The predicted molar refractivity (Wildman–Crippen MR) is 258 cm³/mol. The minimum absolute atomic E-state index is 0.0340. The molecule has 0 unspecified atom stereocenters. The van der Waals surface area contributed by atoms with Gasteiger partial charge in [0.05, 0.1) is 23.0 Å². The van der Waals surface area contributed by atoms with Crippen LogP contribution in [0.5, 0.6) is 0 Å². The fraction of sp³-hybridized carbons (Fsp3) is 0.775. The fourth-order valence-electron chi connectivity index (χ4n) is 5.35. The maximum atomic E-state index is 12.7. The van der Waals surface area contributed by atoms with Crippen LogP contribution in [0.4, 0.5) is 0 Å². The average molecular weight is 934 g/mol. The Bertz CT molecular complexity index is 1290.